The van der Waals surface area contributed by atoms with Crippen molar-refractivity contribution in [2.45, 2.75) is 45.5 Å². The maximum atomic E-state index is 5.89. The van der Waals surface area contributed by atoms with Crippen molar-refractivity contribution in [1.29, 1.82) is 0 Å². The third-order valence-electron chi connectivity index (χ3n) is 2.98. The van der Waals surface area contributed by atoms with E-state index >= 15 is 0 Å². The Hall–Kier alpha value is -2.00. The molecule has 0 saturated heterocycles. The number of hydrogen-bond donors (Lipinski definition) is 0. The molecule has 24 heavy (non-hydrogen) atoms. The van der Waals surface area contributed by atoms with Crippen molar-refractivity contribution in [1.82, 2.24) is 0 Å². The molecular formula is C22H28OSi. The molecule has 1 aromatic carbocycles. The molecule has 0 bridgehead atoms. The van der Waals surface area contributed by atoms with Gasteiger partial charge in [0.15, 0.2) is 0 Å². The van der Waals surface area contributed by atoms with Crippen LogP contribution in [0.3, 0.4) is 0 Å². The van der Waals surface area contributed by atoms with E-state index in [4.69, 9.17) is 4.74 Å². The van der Waals surface area contributed by atoms with Crippen molar-refractivity contribution >= 4 is 8.07 Å². The number of allylic oxidation sites excluding steroid dienone is 3. The fourth-order valence-electron chi connectivity index (χ4n) is 1.83. The molecule has 1 rings (SSSR count). The van der Waals surface area contributed by atoms with Gasteiger partial charge in [0.2, 0.25) is 0 Å². The molecule has 0 aromatic heterocycles. The Kier molecular flexibility index (Phi) is 9.62. The molecule has 0 fully saturated rings. The lowest BCUT2D eigenvalue weighted by Crippen LogP contribution is -2.16. The van der Waals surface area contributed by atoms with Gasteiger partial charge in [0.25, 0.3) is 0 Å². The van der Waals surface area contributed by atoms with Crippen LogP contribution in [-0.2, 0) is 4.74 Å². The highest BCUT2D eigenvalue weighted by Gasteiger charge is 2.08. The second-order valence-corrected chi connectivity index (χ2v) is 11.3. The molecule has 1 atom stereocenters. The van der Waals surface area contributed by atoms with E-state index in [0.717, 1.165) is 18.4 Å². The van der Waals surface area contributed by atoms with E-state index in [2.05, 4.69) is 42.9 Å². The minimum atomic E-state index is -1.30. The van der Waals surface area contributed by atoms with E-state index in [1.807, 2.05) is 61.6 Å². The van der Waals surface area contributed by atoms with E-state index in [1.165, 1.54) is 0 Å². The summed E-state index contributed by atoms with van der Waals surface area (Å²) in [6.07, 6.45) is 9.57. The van der Waals surface area contributed by atoms with Gasteiger partial charge in [0.1, 0.15) is 14.2 Å². The van der Waals surface area contributed by atoms with E-state index in [-0.39, 0.29) is 6.10 Å². The Morgan fingerprint density at radius 2 is 1.88 bits per heavy atom. The van der Waals surface area contributed by atoms with Crippen LogP contribution < -0.4 is 0 Å². The largest absolute Gasteiger partial charge is 0.361 e. The van der Waals surface area contributed by atoms with Crippen LogP contribution in [0.4, 0.5) is 0 Å². The van der Waals surface area contributed by atoms with E-state index in [0.29, 0.717) is 6.61 Å². The Morgan fingerprint density at radius 3 is 2.54 bits per heavy atom. The fourth-order valence-corrected chi connectivity index (χ4v) is 2.49. The quantitative estimate of drug-likeness (QED) is 0.393. The first kappa shape index (κ1) is 20.0. The van der Waals surface area contributed by atoms with Gasteiger partial charge in [-0.3, -0.25) is 0 Å². The van der Waals surface area contributed by atoms with Gasteiger partial charge in [-0.2, -0.15) is 0 Å². The standard InChI is InChI=1S/C22H28OSi/c1-5-6-7-12-19-23-22(16-11-13-20-24(2,3)4)18-17-21-14-9-8-10-15-21/h5-10,12,14-15,22H,11,16,19H2,1-4H3/b6-5+,12-7+/t22-/m1/s1. The molecule has 0 saturated carbocycles. The second kappa shape index (κ2) is 11.5. The highest BCUT2D eigenvalue weighted by atomic mass is 28.3. The Balaban J connectivity index is 2.64. The average molecular weight is 337 g/mol. The Bertz CT molecular complexity index is 642. The van der Waals surface area contributed by atoms with Gasteiger partial charge >= 0.3 is 0 Å². The summed E-state index contributed by atoms with van der Waals surface area (Å²) < 4.78 is 5.89. The number of rotatable bonds is 6. The number of hydrogen-bond acceptors (Lipinski definition) is 1. The zero-order valence-electron chi connectivity index (χ0n) is 15.3. The summed E-state index contributed by atoms with van der Waals surface area (Å²) in [7, 11) is -1.30. The number of benzene rings is 1. The summed E-state index contributed by atoms with van der Waals surface area (Å²) in [4.78, 5) is 0. The summed E-state index contributed by atoms with van der Waals surface area (Å²) >= 11 is 0. The molecule has 2 heteroatoms. The first-order valence-electron chi connectivity index (χ1n) is 8.47. The van der Waals surface area contributed by atoms with Crippen LogP contribution in [0.5, 0.6) is 0 Å². The second-order valence-electron chi connectivity index (χ2n) is 6.50. The lowest BCUT2D eigenvalue weighted by molar-refractivity contribution is 0.111. The molecule has 0 aliphatic carbocycles. The average Bonchev–Trinajstić information content (AvgIpc) is 2.55. The lowest BCUT2D eigenvalue weighted by Gasteiger charge is -2.09. The van der Waals surface area contributed by atoms with Crippen molar-refractivity contribution < 1.29 is 4.74 Å². The smallest absolute Gasteiger partial charge is 0.129 e. The van der Waals surface area contributed by atoms with Crippen LogP contribution in [0, 0.1) is 23.3 Å². The van der Waals surface area contributed by atoms with Gasteiger partial charge in [-0.1, -0.05) is 74.0 Å². The maximum Gasteiger partial charge on any atom is 0.129 e. The molecule has 0 radical (unpaired) electrons. The number of ether oxygens (including phenoxy) is 1. The van der Waals surface area contributed by atoms with E-state index < -0.39 is 8.07 Å². The predicted molar refractivity (Wildman–Crippen MR) is 107 cm³/mol. The zero-order chi connectivity index (χ0) is 17.7. The minimum absolute atomic E-state index is 0.0867. The van der Waals surface area contributed by atoms with Gasteiger partial charge in [-0.25, -0.2) is 0 Å². The molecular weight excluding hydrogens is 308 g/mol. The van der Waals surface area contributed by atoms with Crippen molar-refractivity contribution in [3.8, 4) is 23.3 Å². The van der Waals surface area contributed by atoms with Gasteiger partial charge in [-0.15, -0.1) is 11.5 Å². The molecule has 0 amide bonds. The molecule has 0 spiro atoms. The van der Waals surface area contributed by atoms with Crippen LogP contribution in [0.25, 0.3) is 0 Å². The van der Waals surface area contributed by atoms with Crippen molar-refractivity contribution in [3.05, 3.63) is 60.2 Å². The third kappa shape index (κ3) is 10.7. The fraction of sp³-hybridized carbons (Fsp3) is 0.364. The first-order chi connectivity index (χ1) is 11.5. The van der Waals surface area contributed by atoms with Crippen LogP contribution in [0.2, 0.25) is 19.6 Å². The van der Waals surface area contributed by atoms with Crippen LogP contribution in [0.15, 0.2) is 54.6 Å². The zero-order valence-corrected chi connectivity index (χ0v) is 16.3. The van der Waals surface area contributed by atoms with Crippen molar-refractivity contribution in [3.63, 3.8) is 0 Å². The minimum Gasteiger partial charge on any atom is -0.361 e. The molecule has 0 aliphatic rings. The SMILES string of the molecule is C/C=C/C=C/CO[C@@H](C#Cc1ccccc1)CCC#C[Si](C)(C)C. The van der Waals surface area contributed by atoms with Crippen LogP contribution in [-0.4, -0.2) is 20.8 Å². The summed E-state index contributed by atoms with van der Waals surface area (Å²) in [6.45, 7) is 9.34. The van der Waals surface area contributed by atoms with Gasteiger partial charge in [-0.05, 0) is 25.5 Å². The van der Waals surface area contributed by atoms with Crippen LogP contribution in [0.1, 0.15) is 25.3 Å². The summed E-state index contributed by atoms with van der Waals surface area (Å²) in [6, 6.07) is 10.0. The van der Waals surface area contributed by atoms with Crippen molar-refractivity contribution in [2.75, 3.05) is 6.61 Å². The monoisotopic (exact) mass is 336 g/mol. The molecule has 0 unspecified atom stereocenters. The Labute approximate surface area is 148 Å². The van der Waals surface area contributed by atoms with Gasteiger partial charge in [0, 0.05) is 12.0 Å². The van der Waals surface area contributed by atoms with Crippen LogP contribution >= 0.6 is 0 Å². The van der Waals surface area contributed by atoms with Crippen molar-refractivity contribution in [2.24, 2.45) is 0 Å². The highest BCUT2D eigenvalue weighted by Crippen LogP contribution is 2.04. The summed E-state index contributed by atoms with van der Waals surface area (Å²) in [5.74, 6) is 9.74. The maximum absolute atomic E-state index is 5.89. The van der Waals surface area contributed by atoms with Gasteiger partial charge < -0.3 is 4.74 Å². The molecule has 0 heterocycles. The van der Waals surface area contributed by atoms with Gasteiger partial charge in [0.05, 0.1) is 6.61 Å². The topological polar surface area (TPSA) is 9.23 Å². The molecule has 126 valence electrons. The highest BCUT2D eigenvalue weighted by molar-refractivity contribution is 6.83. The Morgan fingerprint density at radius 1 is 1.12 bits per heavy atom. The molecule has 0 N–H and O–H groups in total. The lowest BCUT2D eigenvalue weighted by atomic mass is 10.1. The predicted octanol–water partition coefficient (Wildman–Crippen LogP) is 5.22. The normalized spacial score (nSPS) is 12.5. The third-order valence-corrected chi connectivity index (χ3v) is 3.91. The first-order valence-corrected chi connectivity index (χ1v) is 12.0. The van der Waals surface area contributed by atoms with E-state index in [9.17, 15) is 0 Å². The summed E-state index contributed by atoms with van der Waals surface area (Å²) in [5.41, 5.74) is 4.41. The molecule has 1 nitrogen and oxygen atoms in total. The van der Waals surface area contributed by atoms with E-state index in [1.54, 1.807) is 0 Å². The molecule has 0 aliphatic heterocycles. The summed E-state index contributed by atoms with van der Waals surface area (Å²) in [5, 5.41) is 0. The molecule has 1 aromatic rings.